The van der Waals surface area contributed by atoms with Gasteiger partial charge in [0, 0.05) is 13.1 Å². The number of hydrogen-bond acceptors (Lipinski definition) is 2. The summed E-state index contributed by atoms with van der Waals surface area (Å²) in [7, 11) is 0. The summed E-state index contributed by atoms with van der Waals surface area (Å²) >= 11 is 0. The van der Waals surface area contributed by atoms with Gasteiger partial charge in [-0.25, -0.2) is 0 Å². The molecule has 4 nitrogen and oxygen atoms in total. The van der Waals surface area contributed by atoms with Crippen molar-refractivity contribution in [1.82, 2.24) is 10.2 Å². The SMILES string of the molecule is C=CC(=O)NC1CN(C=O)C1. The molecule has 0 aromatic heterocycles. The Kier molecular flexibility index (Phi) is 2.25. The van der Waals surface area contributed by atoms with E-state index >= 15 is 0 Å². The van der Waals surface area contributed by atoms with Crippen LogP contribution >= 0.6 is 0 Å². The topological polar surface area (TPSA) is 49.4 Å². The molecular weight excluding hydrogens is 144 g/mol. The molecule has 0 aromatic carbocycles. The summed E-state index contributed by atoms with van der Waals surface area (Å²) < 4.78 is 0. The van der Waals surface area contributed by atoms with Gasteiger partial charge < -0.3 is 10.2 Å². The Bertz CT molecular complexity index is 185. The van der Waals surface area contributed by atoms with Crippen LogP contribution in [0.15, 0.2) is 12.7 Å². The van der Waals surface area contributed by atoms with E-state index in [1.54, 1.807) is 4.90 Å². The minimum atomic E-state index is -0.180. The van der Waals surface area contributed by atoms with Crippen LogP contribution in [0.3, 0.4) is 0 Å². The third-order valence-electron chi connectivity index (χ3n) is 1.59. The molecule has 11 heavy (non-hydrogen) atoms. The lowest BCUT2D eigenvalue weighted by Gasteiger charge is -2.36. The van der Waals surface area contributed by atoms with Crippen molar-refractivity contribution in [3.05, 3.63) is 12.7 Å². The minimum absolute atomic E-state index is 0.116. The van der Waals surface area contributed by atoms with Gasteiger partial charge in [0.1, 0.15) is 0 Å². The highest BCUT2D eigenvalue weighted by molar-refractivity contribution is 5.87. The second-order valence-corrected chi connectivity index (χ2v) is 2.47. The van der Waals surface area contributed by atoms with Crippen LogP contribution in [0.4, 0.5) is 0 Å². The van der Waals surface area contributed by atoms with Crippen molar-refractivity contribution in [2.45, 2.75) is 6.04 Å². The van der Waals surface area contributed by atoms with E-state index in [2.05, 4.69) is 11.9 Å². The van der Waals surface area contributed by atoms with E-state index in [4.69, 9.17) is 0 Å². The second-order valence-electron chi connectivity index (χ2n) is 2.47. The van der Waals surface area contributed by atoms with E-state index in [0.29, 0.717) is 13.1 Å². The van der Waals surface area contributed by atoms with Crippen LogP contribution in [0, 0.1) is 0 Å². The first-order valence-electron chi connectivity index (χ1n) is 3.38. The molecule has 0 radical (unpaired) electrons. The third kappa shape index (κ3) is 1.80. The first-order valence-corrected chi connectivity index (χ1v) is 3.38. The fourth-order valence-electron chi connectivity index (χ4n) is 0.950. The number of hydrogen-bond donors (Lipinski definition) is 1. The van der Waals surface area contributed by atoms with Crippen LogP contribution in [-0.2, 0) is 9.59 Å². The molecule has 1 N–H and O–H groups in total. The highest BCUT2D eigenvalue weighted by Gasteiger charge is 2.25. The van der Waals surface area contributed by atoms with E-state index in [0.717, 1.165) is 6.41 Å². The molecular formula is C7H10N2O2. The van der Waals surface area contributed by atoms with Gasteiger partial charge in [-0.3, -0.25) is 9.59 Å². The fraction of sp³-hybridized carbons (Fsp3) is 0.429. The zero-order chi connectivity index (χ0) is 8.27. The number of nitrogens with zero attached hydrogens (tertiary/aromatic N) is 1. The maximum Gasteiger partial charge on any atom is 0.243 e. The van der Waals surface area contributed by atoms with E-state index < -0.39 is 0 Å². The number of carbonyl (C=O) groups excluding carboxylic acids is 2. The van der Waals surface area contributed by atoms with E-state index in [1.165, 1.54) is 6.08 Å². The van der Waals surface area contributed by atoms with Crippen molar-refractivity contribution in [3.63, 3.8) is 0 Å². The van der Waals surface area contributed by atoms with Crippen LogP contribution in [0.5, 0.6) is 0 Å². The van der Waals surface area contributed by atoms with Gasteiger partial charge in [0.25, 0.3) is 0 Å². The molecule has 1 heterocycles. The first-order chi connectivity index (χ1) is 5.26. The standard InChI is InChI=1S/C7H10N2O2/c1-2-7(11)8-6-3-9(4-6)5-10/h2,5-6H,1,3-4H2,(H,8,11). The molecule has 0 aliphatic carbocycles. The highest BCUT2D eigenvalue weighted by atomic mass is 16.2. The second kappa shape index (κ2) is 3.18. The molecule has 0 spiro atoms. The predicted octanol–water partition coefficient (Wildman–Crippen LogP) is -0.871. The molecule has 1 saturated heterocycles. The molecule has 0 bridgehead atoms. The Morgan fingerprint density at radius 2 is 2.27 bits per heavy atom. The van der Waals surface area contributed by atoms with Gasteiger partial charge in [-0.1, -0.05) is 6.58 Å². The molecule has 1 rings (SSSR count). The summed E-state index contributed by atoms with van der Waals surface area (Å²) in [6, 6.07) is 0.116. The van der Waals surface area contributed by atoms with Crippen LogP contribution in [0.2, 0.25) is 0 Å². The lowest BCUT2D eigenvalue weighted by Crippen LogP contribution is -2.58. The number of carbonyl (C=O) groups is 2. The Morgan fingerprint density at radius 3 is 2.73 bits per heavy atom. The Hall–Kier alpha value is -1.32. The normalized spacial score (nSPS) is 16.9. The quantitative estimate of drug-likeness (QED) is 0.424. The molecule has 0 atom stereocenters. The number of likely N-dealkylation sites (tertiary alicyclic amines) is 1. The first kappa shape index (κ1) is 7.78. The molecule has 2 amide bonds. The Balaban J connectivity index is 2.18. The predicted molar refractivity (Wildman–Crippen MR) is 39.8 cm³/mol. The van der Waals surface area contributed by atoms with Gasteiger partial charge in [0.05, 0.1) is 6.04 Å². The van der Waals surface area contributed by atoms with Gasteiger partial charge in [-0.15, -0.1) is 0 Å². The van der Waals surface area contributed by atoms with E-state index in [1.807, 2.05) is 0 Å². The summed E-state index contributed by atoms with van der Waals surface area (Å²) in [5.74, 6) is -0.180. The highest BCUT2D eigenvalue weighted by Crippen LogP contribution is 2.03. The van der Waals surface area contributed by atoms with Crippen LogP contribution in [-0.4, -0.2) is 36.3 Å². The van der Waals surface area contributed by atoms with Crippen molar-refractivity contribution >= 4 is 12.3 Å². The average molecular weight is 154 g/mol. The molecule has 0 saturated carbocycles. The summed E-state index contributed by atoms with van der Waals surface area (Å²) in [4.78, 5) is 22.3. The summed E-state index contributed by atoms with van der Waals surface area (Å²) in [5, 5.41) is 2.67. The summed E-state index contributed by atoms with van der Waals surface area (Å²) in [6.45, 7) is 4.54. The van der Waals surface area contributed by atoms with E-state index in [9.17, 15) is 9.59 Å². The van der Waals surface area contributed by atoms with Gasteiger partial charge >= 0.3 is 0 Å². The number of rotatable bonds is 3. The Labute approximate surface area is 64.9 Å². The molecule has 1 aliphatic rings. The lowest BCUT2D eigenvalue weighted by molar-refractivity contribution is -0.125. The molecule has 60 valence electrons. The third-order valence-corrected chi connectivity index (χ3v) is 1.59. The smallest absolute Gasteiger partial charge is 0.243 e. The zero-order valence-corrected chi connectivity index (χ0v) is 6.12. The number of amides is 2. The zero-order valence-electron chi connectivity index (χ0n) is 6.12. The van der Waals surface area contributed by atoms with Gasteiger partial charge in [0.15, 0.2) is 0 Å². The monoisotopic (exact) mass is 154 g/mol. The Morgan fingerprint density at radius 1 is 1.64 bits per heavy atom. The van der Waals surface area contributed by atoms with E-state index in [-0.39, 0.29) is 11.9 Å². The van der Waals surface area contributed by atoms with Gasteiger partial charge in [0.2, 0.25) is 12.3 Å². The van der Waals surface area contributed by atoms with Gasteiger partial charge in [-0.2, -0.15) is 0 Å². The summed E-state index contributed by atoms with van der Waals surface area (Å²) in [5.41, 5.74) is 0. The van der Waals surface area contributed by atoms with Crippen molar-refractivity contribution in [2.75, 3.05) is 13.1 Å². The largest absolute Gasteiger partial charge is 0.346 e. The van der Waals surface area contributed by atoms with Crippen LogP contribution in [0.25, 0.3) is 0 Å². The molecule has 0 aromatic rings. The maximum absolute atomic E-state index is 10.7. The number of nitrogens with one attached hydrogen (secondary N) is 1. The van der Waals surface area contributed by atoms with Crippen molar-refractivity contribution < 1.29 is 9.59 Å². The lowest BCUT2D eigenvalue weighted by atomic mass is 10.1. The van der Waals surface area contributed by atoms with Crippen molar-refractivity contribution in [2.24, 2.45) is 0 Å². The molecule has 1 aliphatic heterocycles. The fourth-order valence-corrected chi connectivity index (χ4v) is 0.950. The van der Waals surface area contributed by atoms with Crippen LogP contribution < -0.4 is 5.32 Å². The molecule has 4 heteroatoms. The molecule has 1 fully saturated rings. The van der Waals surface area contributed by atoms with Crippen molar-refractivity contribution in [3.8, 4) is 0 Å². The summed E-state index contributed by atoms with van der Waals surface area (Å²) in [6.07, 6.45) is 2.00. The maximum atomic E-state index is 10.7. The average Bonchev–Trinajstić information content (AvgIpc) is 1.95. The molecule has 0 unspecified atom stereocenters. The minimum Gasteiger partial charge on any atom is -0.346 e. The van der Waals surface area contributed by atoms with Crippen LogP contribution in [0.1, 0.15) is 0 Å². The van der Waals surface area contributed by atoms with Crippen molar-refractivity contribution in [1.29, 1.82) is 0 Å². The van der Waals surface area contributed by atoms with Gasteiger partial charge in [-0.05, 0) is 6.08 Å².